The number of rotatable bonds is 5. The molecule has 0 aromatic rings. The van der Waals surface area contributed by atoms with Gasteiger partial charge in [-0.3, -0.25) is 9.59 Å². The van der Waals surface area contributed by atoms with E-state index in [0.717, 1.165) is 44.7 Å². The first-order chi connectivity index (χ1) is 10.5. The average Bonchev–Trinajstić information content (AvgIpc) is 3.26. The SMILES string of the molecule is CN(C)C(=O)CN=C(NC1CC1)N1CCCC(CC(N)=O)C1.I. The molecule has 1 unspecified atom stereocenters. The van der Waals surface area contributed by atoms with Crippen LogP contribution in [0.2, 0.25) is 0 Å². The van der Waals surface area contributed by atoms with Crippen LogP contribution in [0, 0.1) is 5.92 Å². The van der Waals surface area contributed by atoms with Crippen molar-refractivity contribution in [3.63, 3.8) is 0 Å². The Morgan fingerprint density at radius 1 is 1.30 bits per heavy atom. The van der Waals surface area contributed by atoms with E-state index in [0.29, 0.717) is 12.5 Å². The highest BCUT2D eigenvalue weighted by atomic mass is 127. The number of guanidine groups is 1. The lowest BCUT2D eigenvalue weighted by atomic mass is 9.95. The van der Waals surface area contributed by atoms with Gasteiger partial charge in [-0.1, -0.05) is 0 Å². The van der Waals surface area contributed by atoms with Gasteiger partial charge in [-0.15, -0.1) is 24.0 Å². The van der Waals surface area contributed by atoms with Gasteiger partial charge < -0.3 is 20.9 Å². The summed E-state index contributed by atoms with van der Waals surface area (Å²) in [5, 5.41) is 3.42. The van der Waals surface area contributed by atoms with Gasteiger partial charge in [0, 0.05) is 39.6 Å². The van der Waals surface area contributed by atoms with Crippen LogP contribution in [0.25, 0.3) is 0 Å². The van der Waals surface area contributed by atoms with Crippen molar-refractivity contribution in [2.24, 2.45) is 16.6 Å². The molecule has 2 amide bonds. The maximum atomic E-state index is 11.8. The van der Waals surface area contributed by atoms with E-state index in [2.05, 4.69) is 15.2 Å². The predicted octanol–water partition coefficient (Wildman–Crippen LogP) is 0.388. The molecule has 23 heavy (non-hydrogen) atoms. The van der Waals surface area contributed by atoms with E-state index in [-0.39, 0.29) is 48.3 Å². The molecule has 1 aliphatic heterocycles. The molecule has 1 aliphatic carbocycles. The third kappa shape index (κ3) is 6.92. The number of likely N-dealkylation sites (N-methyl/N-ethyl adjacent to an activating group) is 1. The summed E-state index contributed by atoms with van der Waals surface area (Å²) in [6.07, 6.45) is 4.76. The fourth-order valence-corrected chi connectivity index (χ4v) is 2.64. The predicted molar refractivity (Wildman–Crippen MR) is 101 cm³/mol. The molecule has 0 aromatic heterocycles. The Kier molecular flexibility index (Phi) is 8.07. The van der Waals surface area contributed by atoms with Gasteiger partial charge in [0.2, 0.25) is 11.8 Å². The zero-order chi connectivity index (χ0) is 16.1. The van der Waals surface area contributed by atoms with Gasteiger partial charge >= 0.3 is 0 Å². The molecule has 0 bridgehead atoms. The topological polar surface area (TPSA) is 91.0 Å². The monoisotopic (exact) mass is 437 g/mol. The number of carbonyl (C=O) groups is 2. The second-order valence-electron chi connectivity index (χ2n) is 6.47. The lowest BCUT2D eigenvalue weighted by Crippen LogP contribution is -2.48. The van der Waals surface area contributed by atoms with E-state index >= 15 is 0 Å². The van der Waals surface area contributed by atoms with Crippen molar-refractivity contribution in [3.05, 3.63) is 0 Å². The average molecular weight is 437 g/mol. The van der Waals surface area contributed by atoms with Crippen molar-refractivity contribution in [2.45, 2.75) is 38.1 Å². The Bertz CT molecular complexity index is 451. The second kappa shape index (κ2) is 9.29. The lowest BCUT2D eigenvalue weighted by molar-refractivity contribution is -0.127. The van der Waals surface area contributed by atoms with Gasteiger partial charge in [0.1, 0.15) is 6.54 Å². The minimum atomic E-state index is -0.247. The molecule has 7 nitrogen and oxygen atoms in total. The minimum absolute atomic E-state index is 0. The first-order valence-electron chi connectivity index (χ1n) is 8.00. The van der Waals surface area contributed by atoms with Gasteiger partial charge in [-0.2, -0.15) is 0 Å². The van der Waals surface area contributed by atoms with Gasteiger partial charge in [0.25, 0.3) is 0 Å². The van der Waals surface area contributed by atoms with Crippen LogP contribution in [-0.4, -0.2) is 67.3 Å². The number of carbonyl (C=O) groups excluding carboxylic acids is 2. The van der Waals surface area contributed by atoms with E-state index < -0.39 is 0 Å². The van der Waals surface area contributed by atoms with E-state index in [1.165, 1.54) is 0 Å². The number of halogens is 1. The fraction of sp³-hybridized carbons (Fsp3) is 0.800. The lowest BCUT2D eigenvalue weighted by Gasteiger charge is -2.34. The van der Waals surface area contributed by atoms with Crippen LogP contribution < -0.4 is 11.1 Å². The minimum Gasteiger partial charge on any atom is -0.370 e. The van der Waals surface area contributed by atoms with Gasteiger partial charge in [-0.05, 0) is 31.6 Å². The highest BCUT2D eigenvalue weighted by molar-refractivity contribution is 14.0. The number of nitrogens with zero attached hydrogens (tertiary/aromatic N) is 3. The van der Waals surface area contributed by atoms with E-state index in [1.54, 1.807) is 19.0 Å². The molecule has 2 rings (SSSR count). The molecule has 2 fully saturated rings. The molecule has 1 heterocycles. The van der Waals surface area contributed by atoms with Crippen LogP contribution in [0.3, 0.4) is 0 Å². The number of hydrogen-bond acceptors (Lipinski definition) is 3. The molecule has 0 spiro atoms. The third-order valence-corrected chi connectivity index (χ3v) is 4.08. The molecule has 2 aliphatic rings. The summed E-state index contributed by atoms with van der Waals surface area (Å²) in [6, 6.07) is 0.477. The summed E-state index contributed by atoms with van der Waals surface area (Å²) >= 11 is 0. The van der Waals surface area contributed by atoms with Crippen LogP contribution in [0.15, 0.2) is 4.99 Å². The maximum absolute atomic E-state index is 11.8. The van der Waals surface area contributed by atoms with Crippen LogP contribution in [-0.2, 0) is 9.59 Å². The molecule has 1 saturated heterocycles. The van der Waals surface area contributed by atoms with E-state index in [1.807, 2.05) is 0 Å². The van der Waals surface area contributed by atoms with E-state index in [9.17, 15) is 9.59 Å². The van der Waals surface area contributed by atoms with Crippen LogP contribution >= 0.6 is 24.0 Å². The summed E-state index contributed by atoms with van der Waals surface area (Å²) in [6.45, 7) is 1.83. The zero-order valence-electron chi connectivity index (χ0n) is 14.0. The van der Waals surface area contributed by atoms with Crippen molar-refractivity contribution < 1.29 is 9.59 Å². The molecule has 1 atom stereocenters. The van der Waals surface area contributed by atoms with E-state index in [4.69, 9.17) is 5.73 Å². The molecular formula is C15H28IN5O2. The second-order valence-corrected chi connectivity index (χ2v) is 6.47. The number of nitrogens with one attached hydrogen (secondary N) is 1. The van der Waals surface area contributed by atoms with Gasteiger partial charge in [0.05, 0.1) is 0 Å². The van der Waals surface area contributed by atoms with Crippen molar-refractivity contribution in [2.75, 3.05) is 33.7 Å². The molecule has 0 aromatic carbocycles. The zero-order valence-corrected chi connectivity index (χ0v) is 16.3. The molecule has 3 N–H and O–H groups in total. The normalized spacial score (nSPS) is 21.4. The Hall–Kier alpha value is -1.06. The Morgan fingerprint density at radius 2 is 2.00 bits per heavy atom. The number of likely N-dealkylation sites (tertiary alicyclic amines) is 1. The highest BCUT2D eigenvalue weighted by Gasteiger charge is 2.28. The quantitative estimate of drug-likeness (QED) is 0.370. The number of piperidine rings is 1. The summed E-state index contributed by atoms with van der Waals surface area (Å²) < 4.78 is 0. The first-order valence-corrected chi connectivity index (χ1v) is 8.00. The number of hydrogen-bond donors (Lipinski definition) is 2. The first kappa shape index (κ1) is 20.0. The molecule has 132 valence electrons. The summed E-state index contributed by atoms with van der Waals surface area (Å²) in [5.41, 5.74) is 5.31. The van der Waals surface area contributed by atoms with Gasteiger partial charge in [0.15, 0.2) is 5.96 Å². The molecule has 1 saturated carbocycles. The summed E-state index contributed by atoms with van der Waals surface area (Å²) in [5.74, 6) is 0.818. The number of primary amides is 1. The summed E-state index contributed by atoms with van der Waals surface area (Å²) in [7, 11) is 3.46. The Labute approximate surface area is 155 Å². The number of amides is 2. The van der Waals surface area contributed by atoms with Crippen LogP contribution in [0.4, 0.5) is 0 Å². The van der Waals surface area contributed by atoms with Crippen molar-refractivity contribution in [1.82, 2.24) is 15.1 Å². The van der Waals surface area contributed by atoms with Crippen molar-refractivity contribution >= 4 is 41.8 Å². The van der Waals surface area contributed by atoms with Gasteiger partial charge in [-0.25, -0.2) is 4.99 Å². The fourth-order valence-electron chi connectivity index (χ4n) is 2.64. The largest absolute Gasteiger partial charge is 0.370 e. The standard InChI is InChI=1S/C15H27N5O2.HI/c1-19(2)14(22)9-17-15(18-12-5-6-12)20-7-3-4-11(10-20)8-13(16)21;/h11-12H,3-10H2,1-2H3,(H2,16,21)(H,17,18);1H. The molecule has 0 radical (unpaired) electrons. The maximum Gasteiger partial charge on any atom is 0.243 e. The van der Waals surface area contributed by atoms with Crippen LogP contribution in [0.5, 0.6) is 0 Å². The molecular weight excluding hydrogens is 409 g/mol. The number of nitrogens with two attached hydrogens (primary N) is 1. The smallest absolute Gasteiger partial charge is 0.243 e. The molecule has 8 heteroatoms. The van der Waals surface area contributed by atoms with Crippen LogP contribution in [0.1, 0.15) is 32.1 Å². The van der Waals surface area contributed by atoms with Crippen molar-refractivity contribution in [1.29, 1.82) is 0 Å². The van der Waals surface area contributed by atoms with Crippen molar-refractivity contribution in [3.8, 4) is 0 Å². The Balaban J connectivity index is 0.00000264. The third-order valence-electron chi connectivity index (χ3n) is 4.08. The number of aliphatic imine (C=N–C) groups is 1. The Morgan fingerprint density at radius 3 is 2.57 bits per heavy atom. The summed E-state index contributed by atoms with van der Waals surface area (Å²) in [4.78, 5) is 31.1. The highest BCUT2D eigenvalue weighted by Crippen LogP contribution is 2.22.